The molecule has 2 aromatic carbocycles. The quantitative estimate of drug-likeness (QED) is 0.793. The van der Waals surface area contributed by atoms with E-state index in [0.717, 1.165) is 16.3 Å². The van der Waals surface area contributed by atoms with Crippen molar-refractivity contribution in [2.45, 2.75) is 12.8 Å². The van der Waals surface area contributed by atoms with Gasteiger partial charge < -0.3 is 5.73 Å². The summed E-state index contributed by atoms with van der Waals surface area (Å²) in [5, 5.41) is 2.24. The summed E-state index contributed by atoms with van der Waals surface area (Å²) in [7, 11) is 0. The van der Waals surface area contributed by atoms with E-state index >= 15 is 0 Å². The average Bonchev–Trinajstić information content (AvgIpc) is 2.27. The number of benzene rings is 2. The van der Waals surface area contributed by atoms with Crippen LogP contribution >= 0.6 is 0 Å². The van der Waals surface area contributed by atoms with Gasteiger partial charge in [0, 0.05) is 0 Å². The molecule has 0 aliphatic rings. The van der Waals surface area contributed by atoms with Crippen LogP contribution in [0.1, 0.15) is 18.4 Å². The second-order valence-corrected chi connectivity index (χ2v) is 3.69. The van der Waals surface area contributed by atoms with E-state index in [4.69, 9.17) is 5.73 Å². The van der Waals surface area contributed by atoms with Crippen molar-refractivity contribution >= 4 is 16.7 Å². The number of fused-ring (bicyclic) bond motifs is 1. The molecule has 0 fully saturated rings. The Balaban J connectivity index is 2.65. The number of carbonyl (C=O) groups is 1. The van der Waals surface area contributed by atoms with Crippen molar-refractivity contribution in [1.82, 2.24) is 0 Å². The molecule has 2 N–H and O–H groups in total. The summed E-state index contributed by atoms with van der Waals surface area (Å²) in [6.07, 6.45) is 0. The molecule has 0 saturated carbocycles. The van der Waals surface area contributed by atoms with Gasteiger partial charge in [-0.2, -0.15) is 0 Å². The van der Waals surface area contributed by atoms with Crippen LogP contribution in [0.3, 0.4) is 0 Å². The van der Waals surface area contributed by atoms with Gasteiger partial charge in [0.05, 0.1) is 5.92 Å². The minimum atomic E-state index is -0.286. The van der Waals surface area contributed by atoms with Gasteiger partial charge in [-0.05, 0) is 23.3 Å². The van der Waals surface area contributed by atoms with Crippen LogP contribution < -0.4 is 5.73 Å². The maximum Gasteiger partial charge on any atom is 0.224 e. The molecule has 2 aromatic rings. The van der Waals surface area contributed by atoms with Crippen LogP contribution in [0.2, 0.25) is 0 Å². The van der Waals surface area contributed by atoms with E-state index < -0.39 is 0 Å². The fourth-order valence-corrected chi connectivity index (χ4v) is 1.78. The van der Waals surface area contributed by atoms with Gasteiger partial charge in [0.25, 0.3) is 0 Å². The first-order valence-corrected chi connectivity index (χ1v) is 4.97. The summed E-state index contributed by atoms with van der Waals surface area (Å²) in [5.74, 6) is -0.526. The van der Waals surface area contributed by atoms with E-state index in [-0.39, 0.29) is 11.8 Å². The molecular formula is C13H13NO. The minimum Gasteiger partial charge on any atom is -0.369 e. The maximum absolute atomic E-state index is 11.2. The number of nitrogens with two attached hydrogens (primary N) is 1. The zero-order valence-electron chi connectivity index (χ0n) is 8.60. The van der Waals surface area contributed by atoms with E-state index in [1.165, 1.54) is 0 Å². The maximum atomic E-state index is 11.2. The number of carbonyl (C=O) groups excluding carboxylic acids is 1. The van der Waals surface area contributed by atoms with Crippen LogP contribution in [-0.2, 0) is 4.79 Å². The molecule has 0 radical (unpaired) electrons. The molecule has 0 spiro atoms. The standard InChI is InChI=1S/C13H13NO/c1-9(13(14)15)11-8-4-6-10-5-2-3-7-12(10)11/h2-9H,1H3,(H2,14,15). The lowest BCUT2D eigenvalue weighted by molar-refractivity contribution is -0.119. The van der Waals surface area contributed by atoms with Gasteiger partial charge in [-0.1, -0.05) is 42.5 Å². The Labute approximate surface area is 88.7 Å². The molecule has 2 nitrogen and oxygen atoms in total. The highest BCUT2D eigenvalue weighted by Gasteiger charge is 2.13. The first-order chi connectivity index (χ1) is 7.20. The molecule has 0 aliphatic heterocycles. The summed E-state index contributed by atoms with van der Waals surface area (Å²) < 4.78 is 0. The molecule has 2 rings (SSSR count). The van der Waals surface area contributed by atoms with Crippen LogP contribution in [0.25, 0.3) is 10.8 Å². The lowest BCUT2D eigenvalue weighted by Crippen LogP contribution is -2.18. The topological polar surface area (TPSA) is 43.1 Å². The molecule has 2 heteroatoms. The van der Waals surface area contributed by atoms with E-state index in [1.807, 2.05) is 49.4 Å². The van der Waals surface area contributed by atoms with Crippen LogP contribution in [0, 0.1) is 0 Å². The van der Waals surface area contributed by atoms with Crippen LogP contribution in [-0.4, -0.2) is 5.91 Å². The molecule has 0 saturated heterocycles. The molecule has 0 aromatic heterocycles. The number of amides is 1. The molecule has 15 heavy (non-hydrogen) atoms. The smallest absolute Gasteiger partial charge is 0.224 e. The van der Waals surface area contributed by atoms with Crippen LogP contribution in [0.5, 0.6) is 0 Å². The SMILES string of the molecule is CC(C(N)=O)c1cccc2ccccc12. The lowest BCUT2D eigenvalue weighted by atomic mass is 9.94. The zero-order chi connectivity index (χ0) is 10.8. The Morgan fingerprint density at radius 3 is 2.53 bits per heavy atom. The molecular weight excluding hydrogens is 186 g/mol. The predicted octanol–water partition coefficient (Wildman–Crippen LogP) is 2.43. The van der Waals surface area contributed by atoms with Gasteiger partial charge in [0.1, 0.15) is 0 Å². The second kappa shape index (κ2) is 3.73. The highest BCUT2D eigenvalue weighted by atomic mass is 16.1. The second-order valence-electron chi connectivity index (χ2n) is 3.69. The fraction of sp³-hybridized carbons (Fsp3) is 0.154. The third-order valence-electron chi connectivity index (χ3n) is 2.72. The van der Waals surface area contributed by atoms with Crippen LogP contribution in [0.15, 0.2) is 42.5 Å². The Morgan fingerprint density at radius 1 is 1.13 bits per heavy atom. The normalized spacial score (nSPS) is 12.6. The lowest BCUT2D eigenvalue weighted by Gasteiger charge is -2.10. The van der Waals surface area contributed by atoms with Gasteiger partial charge in [-0.15, -0.1) is 0 Å². The first-order valence-electron chi connectivity index (χ1n) is 4.97. The van der Waals surface area contributed by atoms with Crippen molar-refractivity contribution in [2.24, 2.45) is 5.73 Å². The third kappa shape index (κ3) is 1.71. The van der Waals surface area contributed by atoms with E-state index in [1.54, 1.807) is 0 Å². The summed E-state index contributed by atoms with van der Waals surface area (Å²) >= 11 is 0. The van der Waals surface area contributed by atoms with E-state index in [2.05, 4.69) is 0 Å². The molecule has 76 valence electrons. The van der Waals surface area contributed by atoms with E-state index in [0.29, 0.717) is 0 Å². The van der Waals surface area contributed by atoms with Gasteiger partial charge in [-0.25, -0.2) is 0 Å². The molecule has 0 aliphatic carbocycles. The Morgan fingerprint density at radius 2 is 1.80 bits per heavy atom. The average molecular weight is 199 g/mol. The Kier molecular flexibility index (Phi) is 2.42. The monoisotopic (exact) mass is 199 g/mol. The first kappa shape index (κ1) is 9.71. The van der Waals surface area contributed by atoms with Gasteiger partial charge >= 0.3 is 0 Å². The molecule has 1 atom stereocenters. The van der Waals surface area contributed by atoms with Gasteiger partial charge in [0.2, 0.25) is 5.91 Å². The third-order valence-corrected chi connectivity index (χ3v) is 2.72. The predicted molar refractivity (Wildman–Crippen MR) is 61.6 cm³/mol. The number of hydrogen-bond acceptors (Lipinski definition) is 1. The number of hydrogen-bond donors (Lipinski definition) is 1. The van der Waals surface area contributed by atoms with Crippen molar-refractivity contribution in [3.8, 4) is 0 Å². The molecule has 1 amide bonds. The summed E-state index contributed by atoms with van der Waals surface area (Å²) in [6, 6.07) is 14.0. The minimum absolute atomic E-state index is 0.240. The van der Waals surface area contributed by atoms with Gasteiger partial charge in [-0.3, -0.25) is 4.79 Å². The fourth-order valence-electron chi connectivity index (χ4n) is 1.78. The molecule has 0 heterocycles. The Hall–Kier alpha value is -1.83. The molecule has 0 bridgehead atoms. The van der Waals surface area contributed by atoms with Crippen molar-refractivity contribution in [1.29, 1.82) is 0 Å². The van der Waals surface area contributed by atoms with Crippen molar-refractivity contribution < 1.29 is 4.79 Å². The number of rotatable bonds is 2. The van der Waals surface area contributed by atoms with Crippen molar-refractivity contribution in [2.75, 3.05) is 0 Å². The summed E-state index contributed by atoms with van der Waals surface area (Å²) in [5.41, 5.74) is 6.32. The summed E-state index contributed by atoms with van der Waals surface area (Å²) in [4.78, 5) is 11.2. The van der Waals surface area contributed by atoms with E-state index in [9.17, 15) is 4.79 Å². The molecule has 1 unspecified atom stereocenters. The van der Waals surface area contributed by atoms with Crippen LogP contribution in [0.4, 0.5) is 0 Å². The van der Waals surface area contributed by atoms with Crippen molar-refractivity contribution in [3.05, 3.63) is 48.0 Å². The number of primary amides is 1. The largest absolute Gasteiger partial charge is 0.369 e. The Bertz CT molecular complexity index is 499. The van der Waals surface area contributed by atoms with Crippen molar-refractivity contribution in [3.63, 3.8) is 0 Å². The van der Waals surface area contributed by atoms with Gasteiger partial charge in [0.15, 0.2) is 0 Å². The highest BCUT2D eigenvalue weighted by molar-refractivity contribution is 5.92. The highest BCUT2D eigenvalue weighted by Crippen LogP contribution is 2.24. The summed E-state index contributed by atoms with van der Waals surface area (Å²) in [6.45, 7) is 1.84. The zero-order valence-corrected chi connectivity index (χ0v) is 8.60.